The molecule has 0 unspecified atom stereocenters. The largest absolute Gasteiger partial charge is 0.324 e. The van der Waals surface area contributed by atoms with Crippen molar-refractivity contribution in [2.24, 2.45) is 5.92 Å². The van der Waals surface area contributed by atoms with E-state index in [-0.39, 0.29) is 0 Å². The first kappa shape index (κ1) is 13.2. The van der Waals surface area contributed by atoms with Gasteiger partial charge < -0.3 is 4.57 Å². The average Bonchev–Trinajstić information content (AvgIpc) is 2.77. The lowest BCUT2D eigenvalue weighted by atomic mass is 10.2. The summed E-state index contributed by atoms with van der Waals surface area (Å²) < 4.78 is 2.28. The third-order valence-electron chi connectivity index (χ3n) is 3.29. The fraction of sp³-hybridized carbons (Fsp3) is 0.235. The van der Waals surface area contributed by atoms with E-state index < -0.39 is 0 Å². The molecule has 3 rings (SSSR count). The molecule has 0 aliphatic carbocycles. The van der Waals surface area contributed by atoms with Crippen molar-refractivity contribution in [3.8, 4) is 11.4 Å². The van der Waals surface area contributed by atoms with Gasteiger partial charge in [-0.25, -0.2) is 4.98 Å². The van der Waals surface area contributed by atoms with Crippen molar-refractivity contribution in [2.75, 3.05) is 0 Å². The Labute approximate surface area is 124 Å². The molecule has 0 aliphatic rings. The van der Waals surface area contributed by atoms with Crippen molar-refractivity contribution in [1.29, 1.82) is 0 Å². The van der Waals surface area contributed by atoms with Crippen LogP contribution in [-0.2, 0) is 6.54 Å². The Morgan fingerprint density at radius 2 is 1.85 bits per heavy atom. The molecule has 0 fully saturated rings. The van der Waals surface area contributed by atoms with E-state index in [1.165, 1.54) is 0 Å². The monoisotopic (exact) mass is 284 g/mol. The van der Waals surface area contributed by atoms with Crippen molar-refractivity contribution in [3.05, 3.63) is 53.6 Å². The highest BCUT2D eigenvalue weighted by Crippen LogP contribution is 2.27. The lowest BCUT2D eigenvalue weighted by molar-refractivity contribution is 0.536. The molecule has 3 heteroatoms. The highest BCUT2D eigenvalue weighted by atomic mass is 35.5. The first-order valence-electron chi connectivity index (χ1n) is 6.86. The Kier molecular flexibility index (Phi) is 3.49. The third-order valence-corrected chi connectivity index (χ3v) is 3.53. The molecule has 102 valence electrons. The summed E-state index contributed by atoms with van der Waals surface area (Å²) in [5, 5.41) is 0.728. The van der Waals surface area contributed by atoms with Gasteiger partial charge in [-0.2, -0.15) is 0 Å². The smallest absolute Gasteiger partial charge is 0.141 e. The van der Waals surface area contributed by atoms with Crippen molar-refractivity contribution in [1.82, 2.24) is 9.55 Å². The van der Waals surface area contributed by atoms with E-state index in [0.717, 1.165) is 34.0 Å². The van der Waals surface area contributed by atoms with Crippen LogP contribution in [0, 0.1) is 5.92 Å². The Hall–Kier alpha value is -1.80. The van der Waals surface area contributed by atoms with Gasteiger partial charge in [-0.3, -0.25) is 0 Å². The maximum Gasteiger partial charge on any atom is 0.141 e. The second-order valence-electron chi connectivity index (χ2n) is 5.44. The van der Waals surface area contributed by atoms with Crippen LogP contribution in [0.5, 0.6) is 0 Å². The number of hydrogen-bond donors (Lipinski definition) is 0. The van der Waals surface area contributed by atoms with Crippen LogP contribution in [0.15, 0.2) is 48.5 Å². The minimum atomic E-state index is 0.561. The SMILES string of the molecule is CC(C)Cn1c(-c2ccccc2)nc2cc(Cl)ccc21. The van der Waals surface area contributed by atoms with E-state index >= 15 is 0 Å². The van der Waals surface area contributed by atoms with Gasteiger partial charge in [0.1, 0.15) is 5.82 Å². The number of fused-ring (bicyclic) bond motifs is 1. The molecule has 1 heterocycles. The van der Waals surface area contributed by atoms with E-state index in [9.17, 15) is 0 Å². The number of imidazole rings is 1. The van der Waals surface area contributed by atoms with Crippen LogP contribution in [0.4, 0.5) is 0 Å². The quantitative estimate of drug-likeness (QED) is 0.661. The molecule has 20 heavy (non-hydrogen) atoms. The molecule has 0 atom stereocenters. The van der Waals surface area contributed by atoms with Crippen LogP contribution >= 0.6 is 11.6 Å². The molecule has 0 amide bonds. The van der Waals surface area contributed by atoms with E-state index in [1.54, 1.807) is 0 Å². The molecule has 3 aromatic rings. The van der Waals surface area contributed by atoms with Crippen LogP contribution in [0.3, 0.4) is 0 Å². The lowest BCUT2D eigenvalue weighted by Crippen LogP contribution is -2.06. The van der Waals surface area contributed by atoms with Crippen molar-refractivity contribution >= 4 is 22.6 Å². The Morgan fingerprint density at radius 3 is 2.55 bits per heavy atom. The summed E-state index contributed by atoms with van der Waals surface area (Å²) in [4.78, 5) is 4.78. The summed E-state index contributed by atoms with van der Waals surface area (Å²) >= 11 is 6.08. The third kappa shape index (κ3) is 2.44. The number of nitrogens with zero attached hydrogens (tertiary/aromatic N) is 2. The molecule has 0 bridgehead atoms. The maximum absolute atomic E-state index is 6.08. The highest BCUT2D eigenvalue weighted by Gasteiger charge is 2.13. The summed E-state index contributed by atoms with van der Waals surface area (Å²) in [6.07, 6.45) is 0. The zero-order valence-corrected chi connectivity index (χ0v) is 12.4. The van der Waals surface area contributed by atoms with Gasteiger partial charge in [0, 0.05) is 17.1 Å². The van der Waals surface area contributed by atoms with Crippen LogP contribution in [0.2, 0.25) is 5.02 Å². The summed E-state index contributed by atoms with van der Waals surface area (Å²) in [6, 6.07) is 16.2. The highest BCUT2D eigenvalue weighted by molar-refractivity contribution is 6.31. The lowest BCUT2D eigenvalue weighted by Gasteiger charge is -2.11. The van der Waals surface area contributed by atoms with Gasteiger partial charge in [-0.05, 0) is 24.1 Å². The molecule has 2 nitrogen and oxygen atoms in total. The molecule has 0 saturated carbocycles. The van der Waals surface area contributed by atoms with Crippen molar-refractivity contribution in [2.45, 2.75) is 20.4 Å². The topological polar surface area (TPSA) is 17.8 Å². The second kappa shape index (κ2) is 5.29. The summed E-state index contributed by atoms with van der Waals surface area (Å²) in [5.74, 6) is 1.57. The molecule has 0 N–H and O–H groups in total. The van der Waals surface area contributed by atoms with Crippen LogP contribution in [0.1, 0.15) is 13.8 Å². The van der Waals surface area contributed by atoms with Crippen molar-refractivity contribution in [3.63, 3.8) is 0 Å². The Morgan fingerprint density at radius 1 is 1.10 bits per heavy atom. The molecular weight excluding hydrogens is 268 g/mol. The number of halogens is 1. The molecule has 1 aromatic heterocycles. The van der Waals surface area contributed by atoms with Gasteiger partial charge in [0.05, 0.1) is 11.0 Å². The summed E-state index contributed by atoms with van der Waals surface area (Å²) in [5.41, 5.74) is 3.24. The van der Waals surface area contributed by atoms with Gasteiger partial charge in [-0.1, -0.05) is 55.8 Å². The van der Waals surface area contributed by atoms with E-state index in [2.05, 4.69) is 36.6 Å². The predicted molar refractivity (Wildman–Crippen MR) is 85.0 cm³/mol. The number of hydrogen-bond acceptors (Lipinski definition) is 1. The van der Waals surface area contributed by atoms with Gasteiger partial charge >= 0.3 is 0 Å². The molecule has 0 saturated heterocycles. The average molecular weight is 285 g/mol. The van der Waals surface area contributed by atoms with E-state index in [0.29, 0.717) is 5.92 Å². The standard InChI is InChI=1S/C17H17ClN2/c1-12(2)11-20-16-9-8-14(18)10-15(16)19-17(20)13-6-4-3-5-7-13/h3-10,12H,11H2,1-2H3. The first-order valence-corrected chi connectivity index (χ1v) is 7.24. The first-order chi connectivity index (χ1) is 9.65. The number of rotatable bonds is 3. The van der Waals surface area contributed by atoms with Crippen LogP contribution in [0.25, 0.3) is 22.4 Å². The van der Waals surface area contributed by atoms with Gasteiger partial charge in [0.15, 0.2) is 0 Å². The van der Waals surface area contributed by atoms with Gasteiger partial charge in [0.2, 0.25) is 0 Å². The van der Waals surface area contributed by atoms with Gasteiger partial charge in [-0.15, -0.1) is 0 Å². The predicted octanol–water partition coefficient (Wildman–Crippen LogP) is 5.01. The molecule has 0 spiro atoms. The van der Waals surface area contributed by atoms with Crippen molar-refractivity contribution < 1.29 is 0 Å². The molecular formula is C17H17ClN2. The van der Waals surface area contributed by atoms with E-state index in [1.807, 2.05) is 30.3 Å². The number of benzene rings is 2. The summed E-state index contributed by atoms with van der Waals surface area (Å²) in [6.45, 7) is 5.38. The Balaban J connectivity index is 2.24. The maximum atomic E-state index is 6.08. The minimum absolute atomic E-state index is 0.561. The van der Waals surface area contributed by atoms with Crippen LogP contribution in [-0.4, -0.2) is 9.55 Å². The van der Waals surface area contributed by atoms with Gasteiger partial charge in [0.25, 0.3) is 0 Å². The number of aromatic nitrogens is 2. The second-order valence-corrected chi connectivity index (χ2v) is 5.88. The normalized spacial score (nSPS) is 11.4. The fourth-order valence-corrected chi connectivity index (χ4v) is 2.63. The van der Waals surface area contributed by atoms with Crippen LogP contribution < -0.4 is 0 Å². The zero-order valence-electron chi connectivity index (χ0n) is 11.7. The zero-order chi connectivity index (χ0) is 14.1. The Bertz CT molecular complexity index is 729. The molecule has 2 aromatic carbocycles. The van der Waals surface area contributed by atoms with E-state index in [4.69, 9.17) is 16.6 Å². The minimum Gasteiger partial charge on any atom is -0.324 e. The molecule has 0 radical (unpaired) electrons. The molecule has 0 aliphatic heterocycles. The summed E-state index contributed by atoms with van der Waals surface area (Å²) in [7, 11) is 0. The fourth-order valence-electron chi connectivity index (χ4n) is 2.46.